The zero-order chi connectivity index (χ0) is 14.4. The lowest BCUT2D eigenvalue weighted by Gasteiger charge is -2.02. The zero-order valence-corrected chi connectivity index (χ0v) is 12.7. The number of hydrogen-bond donors (Lipinski definition) is 3. The summed E-state index contributed by atoms with van der Waals surface area (Å²) in [6.07, 6.45) is 2.39. The molecule has 0 spiro atoms. The molecule has 0 unspecified atom stereocenters. The smallest absolute Gasteiger partial charge is 0.250 e. The van der Waals surface area contributed by atoms with Crippen LogP contribution in [0.25, 0.3) is 0 Å². The molecule has 2 heterocycles. The quantitative estimate of drug-likeness (QED) is 0.627. The summed E-state index contributed by atoms with van der Waals surface area (Å²) in [7, 11) is -3.49. The van der Waals surface area contributed by atoms with Gasteiger partial charge in [0.1, 0.15) is 16.4 Å². The van der Waals surface area contributed by atoms with Gasteiger partial charge in [-0.3, -0.25) is 5.10 Å². The van der Waals surface area contributed by atoms with Gasteiger partial charge in [-0.05, 0) is 30.0 Å². The van der Waals surface area contributed by atoms with Gasteiger partial charge in [-0.2, -0.15) is 5.10 Å². The lowest BCUT2D eigenvalue weighted by Crippen LogP contribution is -2.23. The van der Waals surface area contributed by atoms with E-state index in [0.29, 0.717) is 16.6 Å². The number of aromatic nitrogens is 3. The number of thiophene rings is 1. The third-order valence-electron chi connectivity index (χ3n) is 2.55. The topological polar surface area (TPSA) is 99.8 Å². The first kappa shape index (κ1) is 15.1. The third kappa shape index (κ3) is 4.10. The fourth-order valence-corrected chi connectivity index (χ4v) is 3.79. The van der Waals surface area contributed by atoms with Gasteiger partial charge in [0.2, 0.25) is 10.0 Å². The molecule has 0 aliphatic rings. The second kappa shape index (κ2) is 6.93. The Kier molecular flexibility index (Phi) is 5.24. The molecule has 0 aliphatic carbocycles. The fraction of sp³-hybridized carbons (Fsp3) is 0.455. The lowest BCUT2D eigenvalue weighted by molar-refractivity contribution is 0.581. The average molecular weight is 315 g/mol. The number of H-pyrrole nitrogens is 1. The molecule has 0 radical (unpaired) electrons. The normalized spacial score (nSPS) is 11.8. The number of rotatable bonds is 8. The van der Waals surface area contributed by atoms with Crippen LogP contribution in [0.2, 0.25) is 0 Å². The van der Waals surface area contributed by atoms with Crippen LogP contribution in [-0.2, 0) is 23.1 Å². The standard InChI is InChI=1S/C11H17N5O2S2/c1-2-3-12-5-9-4-11(19-7-9)20(17,18)15-6-10-13-8-14-16-10/h4,7-8,12,15H,2-3,5-6H2,1H3,(H,13,14,16). The first-order chi connectivity index (χ1) is 9.62. The monoisotopic (exact) mass is 315 g/mol. The van der Waals surface area contributed by atoms with Gasteiger partial charge in [-0.1, -0.05) is 6.92 Å². The van der Waals surface area contributed by atoms with Crippen LogP contribution in [0.5, 0.6) is 0 Å². The highest BCUT2D eigenvalue weighted by molar-refractivity contribution is 7.91. The number of aromatic amines is 1. The van der Waals surface area contributed by atoms with Crippen LogP contribution in [0.3, 0.4) is 0 Å². The minimum Gasteiger partial charge on any atom is -0.313 e. The van der Waals surface area contributed by atoms with E-state index in [4.69, 9.17) is 0 Å². The Bertz CT molecular complexity index is 621. The maximum atomic E-state index is 12.1. The maximum Gasteiger partial charge on any atom is 0.250 e. The highest BCUT2D eigenvalue weighted by Gasteiger charge is 2.16. The third-order valence-corrected chi connectivity index (χ3v) is 5.43. The van der Waals surface area contributed by atoms with Crippen molar-refractivity contribution in [1.29, 1.82) is 0 Å². The lowest BCUT2D eigenvalue weighted by atomic mass is 10.3. The predicted molar refractivity (Wildman–Crippen MR) is 76.7 cm³/mol. The molecule has 2 aromatic heterocycles. The van der Waals surface area contributed by atoms with Gasteiger partial charge in [0.05, 0.1) is 6.54 Å². The van der Waals surface area contributed by atoms with Crippen molar-refractivity contribution in [3.63, 3.8) is 0 Å². The maximum absolute atomic E-state index is 12.1. The number of hydrogen-bond acceptors (Lipinski definition) is 6. The van der Waals surface area contributed by atoms with Crippen molar-refractivity contribution in [2.45, 2.75) is 30.6 Å². The Morgan fingerprint density at radius 1 is 1.40 bits per heavy atom. The fourth-order valence-electron chi connectivity index (χ4n) is 1.55. The van der Waals surface area contributed by atoms with Crippen LogP contribution in [0.1, 0.15) is 24.7 Å². The van der Waals surface area contributed by atoms with E-state index in [-0.39, 0.29) is 6.54 Å². The molecule has 0 saturated carbocycles. The SMILES string of the molecule is CCCNCc1csc(S(=O)(=O)NCc2ncn[nH]2)c1. The Labute approximate surface area is 121 Å². The first-order valence-electron chi connectivity index (χ1n) is 6.24. The van der Waals surface area contributed by atoms with Gasteiger partial charge in [0, 0.05) is 6.54 Å². The summed E-state index contributed by atoms with van der Waals surface area (Å²) in [5.41, 5.74) is 0.975. The van der Waals surface area contributed by atoms with E-state index in [2.05, 4.69) is 32.1 Å². The molecular formula is C11H17N5O2S2. The molecule has 2 aromatic rings. The molecule has 7 nitrogen and oxygen atoms in total. The first-order valence-corrected chi connectivity index (χ1v) is 8.60. The van der Waals surface area contributed by atoms with E-state index >= 15 is 0 Å². The van der Waals surface area contributed by atoms with Crippen LogP contribution in [-0.4, -0.2) is 30.1 Å². The van der Waals surface area contributed by atoms with Crippen molar-refractivity contribution in [3.05, 3.63) is 29.2 Å². The summed E-state index contributed by atoms with van der Waals surface area (Å²) in [6.45, 7) is 3.79. The summed E-state index contributed by atoms with van der Waals surface area (Å²) in [5, 5.41) is 11.4. The van der Waals surface area contributed by atoms with Crippen molar-refractivity contribution < 1.29 is 8.42 Å². The van der Waals surface area contributed by atoms with Crippen LogP contribution in [0, 0.1) is 0 Å². The van der Waals surface area contributed by atoms with E-state index in [1.807, 2.05) is 5.38 Å². The molecule has 0 bridgehead atoms. The van der Waals surface area contributed by atoms with Crippen molar-refractivity contribution >= 4 is 21.4 Å². The van der Waals surface area contributed by atoms with Crippen LogP contribution in [0.15, 0.2) is 22.0 Å². The second-order valence-corrected chi connectivity index (χ2v) is 7.11. The van der Waals surface area contributed by atoms with Crippen LogP contribution < -0.4 is 10.0 Å². The molecule has 0 fully saturated rings. The second-order valence-electron chi connectivity index (χ2n) is 4.21. The Morgan fingerprint density at radius 2 is 2.25 bits per heavy atom. The molecule has 0 aromatic carbocycles. The average Bonchev–Trinajstić information content (AvgIpc) is 3.08. The summed E-state index contributed by atoms with van der Waals surface area (Å²) in [5.74, 6) is 0.481. The van der Waals surface area contributed by atoms with Gasteiger partial charge in [0.15, 0.2) is 0 Å². The van der Waals surface area contributed by atoms with Gasteiger partial charge >= 0.3 is 0 Å². The molecule has 0 atom stereocenters. The highest BCUT2D eigenvalue weighted by atomic mass is 32.2. The van der Waals surface area contributed by atoms with E-state index in [0.717, 1.165) is 18.5 Å². The minimum absolute atomic E-state index is 0.101. The van der Waals surface area contributed by atoms with Crippen LogP contribution >= 0.6 is 11.3 Å². The Balaban J connectivity index is 1.95. The molecule has 3 N–H and O–H groups in total. The van der Waals surface area contributed by atoms with Crippen molar-refractivity contribution in [1.82, 2.24) is 25.2 Å². The molecule has 2 rings (SSSR count). The largest absolute Gasteiger partial charge is 0.313 e. The van der Waals surface area contributed by atoms with Crippen molar-refractivity contribution in [2.75, 3.05) is 6.54 Å². The summed E-state index contributed by atoms with van der Waals surface area (Å²) >= 11 is 1.22. The van der Waals surface area contributed by atoms with Crippen molar-refractivity contribution in [2.24, 2.45) is 0 Å². The van der Waals surface area contributed by atoms with Gasteiger partial charge in [-0.25, -0.2) is 18.1 Å². The van der Waals surface area contributed by atoms with E-state index in [1.54, 1.807) is 6.07 Å². The zero-order valence-electron chi connectivity index (χ0n) is 11.1. The molecule has 0 saturated heterocycles. The van der Waals surface area contributed by atoms with E-state index in [9.17, 15) is 8.42 Å². The summed E-state index contributed by atoms with van der Waals surface area (Å²) in [4.78, 5) is 3.87. The van der Waals surface area contributed by atoms with Crippen molar-refractivity contribution in [3.8, 4) is 0 Å². The molecule has 20 heavy (non-hydrogen) atoms. The number of sulfonamides is 1. The molecule has 9 heteroatoms. The predicted octanol–water partition coefficient (Wildman–Crippen LogP) is 0.844. The Morgan fingerprint density at radius 3 is 2.95 bits per heavy atom. The van der Waals surface area contributed by atoms with Crippen LogP contribution in [0.4, 0.5) is 0 Å². The molecule has 0 amide bonds. The van der Waals surface area contributed by atoms with E-state index in [1.165, 1.54) is 17.7 Å². The summed E-state index contributed by atoms with van der Waals surface area (Å²) < 4.78 is 27.0. The van der Waals surface area contributed by atoms with E-state index < -0.39 is 10.0 Å². The highest BCUT2D eigenvalue weighted by Crippen LogP contribution is 2.20. The van der Waals surface area contributed by atoms with Gasteiger partial charge in [-0.15, -0.1) is 11.3 Å². The van der Waals surface area contributed by atoms with Gasteiger partial charge in [0.25, 0.3) is 0 Å². The molecule has 0 aliphatic heterocycles. The number of nitrogens with zero attached hydrogens (tertiary/aromatic N) is 2. The Hall–Kier alpha value is -1.29. The number of nitrogens with one attached hydrogen (secondary N) is 3. The molecular weight excluding hydrogens is 298 g/mol. The van der Waals surface area contributed by atoms with Gasteiger partial charge < -0.3 is 5.32 Å². The molecule has 110 valence electrons. The summed E-state index contributed by atoms with van der Waals surface area (Å²) in [6, 6.07) is 1.69. The minimum atomic E-state index is -3.49.